The smallest absolute Gasteiger partial charge is 0.355 e. The van der Waals surface area contributed by atoms with E-state index in [0.29, 0.717) is 0 Å². The first-order valence-corrected chi connectivity index (χ1v) is 10.1. The topological polar surface area (TPSA) is 133 Å². The molecule has 178 valence electrons. The molecule has 11 heteroatoms. The molecule has 0 bridgehead atoms. The monoisotopic (exact) mass is 469 g/mol. The number of nitrogens with one attached hydrogen (secondary N) is 1. The number of anilines is 2. The highest BCUT2D eigenvalue weighted by Crippen LogP contribution is 2.36. The Morgan fingerprint density at radius 2 is 1.65 bits per heavy atom. The average Bonchev–Trinajstić information content (AvgIpc) is 2.87. The van der Waals surface area contributed by atoms with Crippen LogP contribution in [0.5, 0.6) is 0 Å². The number of methoxy groups -OCH3 is 3. The Labute approximate surface area is 195 Å². The van der Waals surface area contributed by atoms with Crippen LogP contribution in [0.1, 0.15) is 15.9 Å². The summed E-state index contributed by atoms with van der Waals surface area (Å²) in [6.07, 6.45) is 3.17. The van der Waals surface area contributed by atoms with Crippen molar-refractivity contribution in [3.05, 3.63) is 65.1 Å². The van der Waals surface area contributed by atoms with Crippen molar-refractivity contribution < 1.29 is 38.1 Å². The van der Waals surface area contributed by atoms with E-state index >= 15 is 0 Å². The second-order valence-electron chi connectivity index (χ2n) is 6.99. The third kappa shape index (κ3) is 5.21. The van der Waals surface area contributed by atoms with Gasteiger partial charge in [-0.2, -0.15) is 0 Å². The highest BCUT2D eigenvalue weighted by Gasteiger charge is 2.35. The molecular formula is C23H23N3O8. The van der Waals surface area contributed by atoms with Gasteiger partial charge in [-0.1, -0.05) is 6.07 Å². The van der Waals surface area contributed by atoms with E-state index in [1.807, 2.05) is 0 Å². The zero-order valence-electron chi connectivity index (χ0n) is 18.8. The number of para-hydroxylation sites is 1. The molecule has 0 atom stereocenters. The number of nitrogens with zero attached hydrogens (tertiary/aromatic N) is 2. The molecule has 0 unspecified atom stereocenters. The Morgan fingerprint density at radius 3 is 2.29 bits per heavy atom. The molecule has 1 aromatic carbocycles. The minimum absolute atomic E-state index is 0.0281. The van der Waals surface area contributed by atoms with Crippen LogP contribution in [0.4, 0.5) is 11.4 Å². The van der Waals surface area contributed by atoms with Crippen LogP contribution in [0.2, 0.25) is 0 Å². The lowest BCUT2D eigenvalue weighted by Crippen LogP contribution is -2.40. The molecule has 2 aromatic rings. The number of carbonyl (C=O) groups is 4. The van der Waals surface area contributed by atoms with E-state index in [4.69, 9.17) is 18.9 Å². The van der Waals surface area contributed by atoms with E-state index in [0.717, 1.165) is 19.8 Å². The zero-order valence-corrected chi connectivity index (χ0v) is 18.8. The van der Waals surface area contributed by atoms with Crippen LogP contribution >= 0.6 is 0 Å². The van der Waals surface area contributed by atoms with Crippen LogP contribution in [-0.4, -0.2) is 63.5 Å². The minimum Gasteiger partial charge on any atom is -0.466 e. The summed E-state index contributed by atoms with van der Waals surface area (Å²) in [6.45, 7) is -0.427. The highest BCUT2D eigenvalue weighted by atomic mass is 16.5. The molecule has 11 nitrogen and oxygen atoms in total. The second-order valence-corrected chi connectivity index (χ2v) is 6.99. The van der Waals surface area contributed by atoms with Gasteiger partial charge in [0.1, 0.15) is 12.4 Å². The maximum atomic E-state index is 12.8. The van der Waals surface area contributed by atoms with Crippen molar-refractivity contribution in [3.63, 3.8) is 0 Å². The normalized spacial score (nSPS) is 13.2. The summed E-state index contributed by atoms with van der Waals surface area (Å²) in [5.74, 6) is -2.76. The Kier molecular flexibility index (Phi) is 7.93. The highest BCUT2D eigenvalue weighted by molar-refractivity contribution is 6.08. The number of carbonyl (C=O) groups excluding carboxylic acids is 4. The lowest BCUT2D eigenvalue weighted by atomic mass is 10.1. The predicted molar refractivity (Wildman–Crippen MR) is 119 cm³/mol. The quantitative estimate of drug-likeness (QED) is 0.469. The molecular weight excluding hydrogens is 446 g/mol. The maximum absolute atomic E-state index is 12.8. The lowest BCUT2D eigenvalue weighted by molar-refractivity contribution is -0.140. The van der Waals surface area contributed by atoms with E-state index in [1.165, 1.54) is 18.1 Å². The molecule has 34 heavy (non-hydrogen) atoms. The van der Waals surface area contributed by atoms with Crippen molar-refractivity contribution in [2.45, 2.75) is 6.42 Å². The Hall–Kier alpha value is -4.25. The zero-order chi connectivity index (χ0) is 24.7. The molecule has 0 aliphatic carbocycles. The number of pyridine rings is 1. The van der Waals surface area contributed by atoms with Crippen LogP contribution in [0, 0.1) is 0 Å². The van der Waals surface area contributed by atoms with Crippen LogP contribution in [-0.2, 0) is 39.8 Å². The SMILES string of the molecule is COC(=O)C1=C(C(=O)OC)N(c2c(NC(=O)Cc3ccncc3)cccc2C(=O)OC)COC1. The fourth-order valence-electron chi connectivity index (χ4n) is 3.41. The number of hydrogen-bond acceptors (Lipinski definition) is 10. The third-order valence-electron chi connectivity index (χ3n) is 4.93. The van der Waals surface area contributed by atoms with Crippen LogP contribution < -0.4 is 10.2 Å². The van der Waals surface area contributed by atoms with E-state index < -0.39 is 17.9 Å². The van der Waals surface area contributed by atoms with Crippen molar-refractivity contribution in [1.82, 2.24) is 4.98 Å². The summed E-state index contributed by atoms with van der Waals surface area (Å²) in [5.41, 5.74) is 0.760. The standard InChI is InChI=1S/C23H23N3O8/c1-31-21(28)15-5-4-6-17(25-18(27)11-14-7-9-24-10-8-14)19(15)26-13-34-12-16(22(29)32-2)20(26)23(30)33-3/h4-10H,11-13H2,1-3H3,(H,25,27). The lowest BCUT2D eigenvalue weighted by Gasteiger charge is -2.33. The van der Waals surface area contributed by atoms with E-state index in [-0.39, 0.29) is 53.9 Å². The molecule has 0 saturated heterocycles. The summed E-state index contributed by atoms with van der Waals surface area (Å²) >= 11 is 0. The molecule has 3 rings (SSSR count). The van der Waals surface area contributed by atoms with Gasteiger partial charge in [-0.15, -0.1) is 0 Å². The Balaban J connectivity index is 2.12. The molecule has 1 aliphatic heterocycles. The summed E-state index contributed by atoms with van der Waals surface area (Å²) in [6, 6.07) is 7.95. The summed E-state index contributed by atoms with van der Waals surface area (Å²) < 4.78 is 20.1. The number of amides is 1. The summed E-state index contributed by atoms with van der Waals surface area (Å²) in [7, 11) is 3.52. The van der Waals surface area contributed by atoms with Gasteiger partial charge >= 0.3 is 17.9 Å². The fraction of sp³-hybridized carbons (Fsp3) is 0.261. The number of aromatic nitrogens is 1. The molecule has 0 fully saturated rings. The molecule has 1 N–H and O–H groups in total. The largest absolute Gasteiger partial charge is 0.466 e. The van der Waals surface area contributed by atoms with Crippen LogP contribution in [0.25, 0.3) is 0 Å². The number of rotatable bonds is 7. The van der Waals surface area contributed by atoms with Crippen molar-refractivity contribution >= 4 is 35.2 Å². The summed E-state index contributed by atoms with van der Waals surface area (Å²) in [5, 5.41) is 2.76. The first kappa shape index (κ1) is 24.4. The number of esters is 3. The van der Waals surface area contributed by atoms with E-state index in [2.05, 4.69) is 10.3 Å². The Morgan fingerprint density at radius 1 is 0.971 bits per heavy atom. The van der Waals surface area contributed by atoms with Crippen molar-refractivity contribution in [1.29, 1.82) is 0 Å². The van der Waals surface area contributed by atoms with Crippen molar-refractivity contribution in [2.24, 2.45) is 0 Å². The summed E-state index contributed by atoms with van der Waals surface area (Å²) in [4.78, 5) is 55.6. The van der Waals surface area contributed by atoms with Crippen molar-refractivity contribution in [3.8, 4) is 0 Å². The first-order valence-electron chi connectivity index (χ1n) is 10.1. The number of hydrogen-bond donors (Lipinski definition) is 1. The van der Waals surface area contributed by atoms with Gasteiger partial charge in [0.05, 0.1) is 56.9 Å². The van der Waals surface area contributed by atoms with Gasteiger partial charge in [-0.05, 0) is 29.8 Å². The molecule has 1 aliphatic rings. The Bertz CT molecular complexity index is 1130. The molecule has 2 heterocycles. The fourth-order valence-corrected chi connectivity index (χ4v) is 3.41. The molecule has 0 radical (unpaired) electrons. The minimum atomic E-state index is -0.850. The average molecular weight is 469 g/mol. The van der Waals surface area contributed by atoms with Gasteiger partial charge in [-0.3, -0.25) is 9.78 Å². The second kappa shape index (κ2) is 11.1. The van der Waals surface area contributed by atoms with Gasteiger partial charge in [0.15, 0.2) is 0 Å². The number of benzene rings is 1. The van der Waals surface area contributed by atoms with Gasteiger partial charge in [0.25, 0.3) is 0 Å². The molecule has 0 spiro atoms. The predicted octanol–water partition coefficient (Wildman–Crippen LogP) is 1.44. The van der Waals surface area contributed by atoms with Crippen LogP contribution in [0.3, 0.4) is 0 Å². The third-order valence-corrected chi connectivity index (χ3v) is 4.93. The first-order chi connectivity index (χ1) is 16.4. The van der Waals surface area contributed by atoms with Gasteiger partial charge in [-0.25, -0.2) is 14.4 Å². The van der Waals surface area contributed by atoms with E-state index in [1.54, 1.807) is 36.7 Å². The van der Waals surface area contributed by atoms with Gasteiger partial charge < -0.3 is 29.2 Å². The van der Waals surface area contributed by atoms with Gasteiger partial charge in [0.2, 0.25) is 5.91 Å². The maximum Gasteiger partial charge on any atom is 0.355 e. The molecule has 0 saturated carbocycles. The number of ether oxygens (including phenoxy) is 4. The molecule has 1 amide bonds. The van der Waals surface area contributed by atoms with Gasteiger partial charge in [0, 0.05) is 12.4 Å². The van der Waals surface area contributed by atoms with E-state index in [9.17, 15) is 19.2 Å². The van der Waals surface area contributed by atoms with Crippen molar-refractivity contribution in [2.75, 3.05) is 44.9 Å². The molecule has 1 aromatic heterocycles. The van der Waals surface area contributed by atoms with Crippen LogP contribution in [0.15, 0.2) is 54.0 Å².